The molecule has 4 atom stereocenters. The van der Waals surface area contributed by atoms with Crippen molar-refractivity contribution in [3.63, 3.8) is 0 Å². The average molecular weight is 329 g/mol. The van der Waals surface area contributed by atoms with Crippen LogP contribution in [0.5, 0.6) is 0 Å². The Morgan fingerprint density at radius 2 is 1.85 bits per heavy atom. The molecule has 1 aliphatic rings. The van der Waals surface area contributed by atoms with Crippen LogP contribution in [-0.4, -0.2) is 44.5 Å². The first-order valence-electron chi connectivity index (χ1n) is 5.97. The zero-order valence-electron chi connectivity index (χ0n) is 11.9. The Morgan fingerprint density at radius 3 is 2.35 bits per heavy atom. The van der Waals surface area contributed by atoms with Crippen LogP contribution in [0.2, 0.25) is 0 Å². The highest BCUT2D eigenvalue weighted by Gasteiger charge is 2.36. The molecule has 0 saturated carbocycles. The number of ether oxygens (including phenoxy) is 1. The van der Waals surface area contributed by atoms with E-state index in [4.69, 9.17) is 13.8 Å². The van der Waals surface area contributed by atoms with E-state index >= 15 is 0 Å². The van der Waals surface area contributed by atoms with Crippen molar-refractivity contribution in [2.24, 2.45) is 0 Å². The van der Waals surface area contributed by atoms with Crippen LogP contribution in [-0.2, 0) is 27.4 Å². The summed E-state index contributed by atoms with van der Waals surface area (Å²) in [4.78, 5) is 9.45. The molecule has 0 aromatic rings. The Kier molecular flexibility index (Phi) is 6.57. The lowest BCUT2D eigenvalue weighted by molar-refractivity contribution is 0.0784. The Hall–Kier alpha value is -0.0400. The van der Waals surface area contributed by atoms with Crippen molar-refractivity contribution >= 4 is 15.3 Å². The van der Waals surface area contributed by atoms with E-state index in [1.807, 2.05) is 6.92 Å². The lowest BCUT2D eigenvalue weighted by atomic mass is 10.1. The van der Waals surface area contributed by atoms with E-state index in [0.717, 1.165) is 7.11 Å². The molecule has 0 bridgehead atoms. The topological polar surface area (TPSA) is 103 Å². The zero-order valence-corrected chi connectivity index (χ0v) is 13.7. The summed E-state index contributed by atoms with van der Waals surface area (Å²) in [6, 6.07) is -0.431. The Labute approximate surface area is 118 Å². The summed E-state index contributed by atoms with van der Waals surface area (Å²) in [6.07, 6.45) is 1.39. The molecule has 0 radical (unpaired) electrons. The van der Waals surface area contributed by atoms with Crippen molar-refractivity contribution in [3.05, 3.63) is 11.9 Å². The van der Waals surface area contributed by atoms with Gasteiger partial charge in [0.1, 0.15) is 0 Å². The quantitative estimate of drug-likeness (QED) is 0.682. The van der Waals surface area contributed by atoms with Gasteiger partial charge >= 0.3 is 15.3 Å². The Morgan fingerprint density at radius 1 is 1.25 bits per heavy atom. The monoisotopic (exact) mass is 329 g/mol. The van der Waals surface area contributed by atoms with E-state index in [2.05, 4.69) is 9.61 Å². The van der Waals surface area contributed by atoms with Crippen LogP contribution in [0.3, 0.4) is 0 Å². The summed E-state index contributed by atoms with van der Waals surface area (Å²) < 4.78 is 43.1. The minimum atomic E-state index is -3.86. The second kappa shape index (κ2) is 7.29. The Balaban J connectivity index is 2.79. The predicted molar refractivity (Wildman–Crippen MR) is 73.5 cm³/mol. The Bertz CT molecular complexity index is 433. The maximum atomic E-state index is 11.9. The van der Waals surface area contributed by atoms with E-state index in [1.165, 1.54) is 26.1 Å². The molecule has 1 rings (SSSR count). The van der Waals surface area contributed by atoms with E-state index in [-0.39, 0.29) is 6.10 Å². The number of hydrogen-bond donors (Lipinski definition) is 2. The average Bonchev–Trinajstić information content (AvgIpc) is 2.75. The second-order valence-corrected chi connectivity index (χ2v) is 8.10. The largest absolute Gasteiger partial charge is 0.403 e. The molecular formula is C10H21NO7P2. The lowest BCUT2D eigenvalue weighted by Crippen LogP contribution is -2.33. The highest BCUT2D eigenvalue weighted by molar-refractivity contribution is 7.57. The number of nitrogens with one attached hydrogen (secondary N) is 1. The normalized spacial score (nSPS) is 30.8. The number of rotatable bonds is 7. The van der Waals surface area contributed by atoms with Crippen LogP contribution in [0.1, 0.15) is 13.3 Å². The molecular weight excluding hydrogens is 308 g/mol. The van der Waals surface area contributed by atoms with Gasteiger partial charge in [0.25, 0.3) is 0 Å². The van der Waals surface area contributed by atoms with Crippen LogP contribution in [0.15, 0.2) is 11.9 Å². The minimum absolute atomic E-state index is 0.108. The third kappa shape index (κ3) is 5.06. The maximum absolute atomic E-state index is 11.9. The molecule has 1 heterocycles. The fourth-order valence-electron chi connectivity index (χ4n) is 1.86. The van der Waals surface area contributed by atoms with Crippen LogP contribution >= 0.6 is 15.3 Å². The van der Waals surface area contributed by atoms with Crippen molar-refractivity contribution in [1.29, 1.82) is 0 Å². The van der Waals surface area contributed by atoms with E-state index < -0.39 is 27.5 Å². The van der Waals surface area contributed by atoms with Crippen molar-refractivity contribution < 1.29 is 32.3 Å². The summed E-state index contributed by atoms with van der Waals surface area (Å²) in [6.45, 7) is 1.84. The fraction of sp³-hybridized carbons (Fsp3) is 0.800. The second-order valence-electron chi connectivity index (χ2n) is 4.33. The van der Waals surface area contributed by atoms with Crippen LogP contribution < -0.4 is 5.09 Å². The summed E-state index contributed by atoms with van der Waals surface area (Å²) in [5.41, 5.74) is 0. The molecule has 1 fully saturated rings. The van der Waals surface area contributed by atoms with Crippen molar-refractivity contribution in [3.8, 4) is 0 Å². The third-order valence-electron chi connectivity index (χ3n) is 2.92. The molecule has 118 valence electrons. The summed E-state index contributed by atoms with van der Waals surface area (Å²) >= 11 is 0. The van der Waals surface area contributed by atoms with Gasteiger partial charge in [0.05, 0.1) is 12.2 Å². The van der Waals surface area contributed by atoms with Gasteiger partial charge in [-0.1, -0.05) is 0 Å². The molecule has 0 amide bonds. The van der Waals surface area contributed by atoms with Gasteiger partial charge in [-0.3, -0.25) is 4.57 Å². The highest BCUT2D eigenvalue weighted by atomic mass is 31.2. The standard InChI is InChI=1S/C10H21NO7P2/c1-8-7-9(11-20(13,14)17-4)10(18-8)5-6-19(12,15-2)16-3/h5-6,8-10H,7H2,1-4H3,(H2,11,13,14)/b6-5+/t8-,9-,10+/m0/s1. The number of hydrogen-bond acceptors (Lipinski definition) is 6. The van der Waals surface area contributed by atoms with Crippen molar-refractivity contribution in [2.75, 3.05) is 21.3 Å². The van der Waals surface area contributed by atoms with Gasteiger partial charge in [-0.05, 0) is 19.4 Å². The van der Waals surface area contributed by atoms with Crippen molar-refractivity contribution in [2.45, 2.75) is 31.6 Å². The van der Waals surface area contributed by atoms with E-state index in [9.17, 15) is 14.0 Å². The molecule has 0 aromatic heterocycles. The fourth-order valence-corrected chi connectivity index (χ4v) is 3.41. The highest BCUT2D eigenvalue weighted by Crippen LogP contribution is 2.48. The third-order valence-corrected chi connectivity index (χ3v) is 5.62. The van der Waals surface area contributed by atoms with Crippen LogP contribution in [0, 0.1) is 0 Å². The van der Waals surface area contributed by atoms with Gasteiger partial charge in [0.15, 0.2) is 0 Å². The molecule has 0 aromatic carbocycles. The first-order chi connectivity index (χ1) is 9.25. The smallest absolute Gasteiger partial charge is 0.369 e. The van der Waals surface area contributed by atoms with Gasteiger partial charge < -0.3 is 23.2 Å². The molecule has 1 saturated heterocycles. The summed E-state index contributed by atoms with van der Waals surface area (Å²) in [5, 5.41) is 2.50. The van der Waals surface area contributed by atoms with Gasteiger partial charge in [-0.2, -0.15) is 0 Å². The summed E-state index contributed by atoms with van der Waals surface area (Å²) in [5.74, 6) is 1.28. The SMILES string of the molecule is COP(=O)(O)N[C@H]1C[C@H](C)O[C@@H]1/C=C/P(=O)(OC)OC. The molecule has 20 heavy (non-hydrogen) atoms. The minimum Gasteiger partial charge on any atom is -0.369 e. The van der Waals surface area contributed by atoms with Gasteiger partial charge in [-0.15, -0.1) is 0 Å². The van der Waals surface area contributed by atoms with Crippen LogP contribution in [0.4, 0.5) is 0 Å². The molecule has 10 heteroatoms. The van der Waals surface area contributed by atoms with Gasteiger partial charge in [0.2, 0.25) is 0 Å². The molecule has 8 nitrogen and oxygen atoms in total. The molecule has 0 spiro atoms. The maximum Gasteiger partial charge on any atom is 0.403 e. The molecule has 2 N–H and O–H groups in total. The van der Waals surface area contributed by atoms with E-state index in [1.54, 1.807) is 0 Å². The zero-order chi connectivity index (χ0) is 15.4. The van der Waals surface area contributed by atoms with Gasteiger partial charge in [0, 0.05) is 33.2 Å². The first-order valence-corrected chi connectivity index (χ1v) is 9.16. The first kappa shape index (κ1) is 18.0. The lowest BCUT2D eigenvalue weighted by Gasteiger charge is -2.19. The molecule has 0 aliphatic carbocycles. The van der Waals surface area contributed by atoms with Gasteiger partial charge in [-0.25, -0.2) is 9.65 Å². The van der Waals surface area contributed by atoms with Crippen molar-refractivity contribution in [1.82, 2.24) is 5.09 Å². The van der Waals surface area contributed by atoms with Crippen LogP contribution in [0.25, 0.3) is 0 Å². The molecule has 1 aliphatic heterocycles. The molecule has 1 unspecified atom stereocenters. The summed E-state index contributed by atoms with van der Waals surface area (Å²) in [7, 11) is -3.46. The predicted octanol–water partition coefficient (Wildman–Crippen LogP) is 1.87. The van der Waals surface area contributed by atoms with E-state index in [0.29, 0.717) is 6.42 Å².